The molecule has 0 radical (unpaired) electrons. The molecule has 1 aromatic carbocycles. The predicted molar refractivity (Wildman–Crippen MR) is 103 cm³/mol. The Kier molecular flexibility index (Phi) is 6.80. The average Bonchev–Trinajstić information content (AvgIpc) is 2.95. The standard InChI is InChI=1S/C20H23ClN2O4/c1-11(2)18(23-19(25)14-7-5-6-8-16(14)21)20(26)27-10-17(24)15-9-12(3)22-13(15)4/h5-9,11,18,22H,10H2,1-4H3,(H,23,25)/t18-/m0/s1. The van der Waals surface area contributed by atoms with Crippen LogP contribution >= 0.6 is 11.6 Å². The zero-order chi connectivity index (χ0) is 20.1. The van der Waals surface area contributed by atoms with Gasteiger partial charge in [0.25, 0.3) is 5.91 Å². The van der Waals surface area contributed by atoms with E-state index in [0.29, 0.717) is 10.6 Å². The van der Waals surface area contributed by atoms with Crippen molar-refractivity contribution < 1.29 is 19.1 Å². The first kappa shape index (κ1) is 20.7. The second-order valence-corrected chi connectivity index (χ2v) is 7.10. The molecule has 2 N–H and O–H groups in total. The van der Waals surface area contributed by atoms with Crippen molar-refractivity contribution in [2.24, 2.45) is 5.92 Å². The summed E-state index contributed by atoms with van der Waals surface area (Å²) in [6.45, 7) is 6.79. The summed E-state index contributed by atoms with van der Waals surface area (Å²) in [5.74, 6) is -1.66. The van der Waals surface area contributed by atoms with Crippen molar-refractivity contribution in [3.05, 3.63) is 57.9 Å². The monoisotopic (exact) mass is 390 g/mol. The zero-order valence-corrected chi connectivity index (χ0v) is 16.5. The fraction of sp³-hybridized carbons (Fsp3) is 0.350. The molecule has 1 atom stereocenters. The van der Waals surface area contributed by atoms with Crippen LogP contribution in [-0.2, 0) is 9.53 Å². The number of carbonyl (C=O) groups excluding carboxylic acids is 3. The summed E-state index contributed by atoms with van der Waals surface area (Å²) in [7, 11) is 0. The molecule has 144 valence electrons. The number of benzene rings is 1. The second kappa shape index (κ2) is 8.86. The van der Waals surface area contributed by atoms with Crippen LogP contribution in [0.4, 0.5) is 0 Å². The molecule has 6 nitrogen and oxygen atoms in total. The highest BCUT2D eigenvalue weighted by Crippen LogP contribution is 2.16. The Hall–Kier alpha value is -2.60. The quantitative estimate of drug-likeness (QED) is 0.559. The van der Waals surface area contributed by atoms with Crippen molar-refractivity contribution in [2.45, 2.75) is 33.7 Å². The highest BCUT2D eigenvalue weighted by molar-refractivity contribution is 6.33. The lowest BCUT2D eigenvalue weighted by Gasteiger charge is -2.21. The van der Waals surface area contributed by atoms with E-state index in [4.69, 9.17) is 16.3 Å². The Morgan fingerprint density at radius 1 is 1.15 bits per heavy atom. The van der Waals surface area contributed by atoms with Gasteiger partial charge < -0.3 is 15.0 Å². The largest absolute Gasteiger partial charge is 0.456 e. The molecule has 1 aromatic heterocycles. The Balaban J connectivity index is 2.02. The van der Waals surface area contributed by atoms with Gasteiger partial charge in [-0.1, -0.05) is 37.6 Å². The lowest BCUT2D eigenvalue weighted by atomic mass is 10.0. The van der Waals surface area contributed by atoms with E-state index in [-0.39, 0.29) is 23.9 Å². The average molecular weight is 391 g/mol. The first-order valence-electron chi connectivity index (χ1n) is 8.62. The molecule has 0 unspecified atom stereocenters. The lowest BCUT2D eigenvalue weighted by Crippen LogP contribution is -2.45. The minimum absolute atomic E-state index is 0.227. The number of Topliss-reactive ketones (excluding diaryl/α,β-unsaturated/α-hetero) is 1. The number of ketones is 1. The van der Waals surface area contributed by atoms with Crippen LogP contribution in [0.2, 0.25) is 5.02 Å². The Morgan fingerprint density at radius 3 is 2.37 bits per heavy atom. The fourth-order valence-corrected chi connectivity index (χ4v) is 2.90. The van der Waals surface area contributed by atoms with E-state index >= 15 is 0 Å². The molecule has 0 saturated carbocycles. The number of aryl methyl sites for hydroxylation is 2. The van der Waals surface area contributed by atoms with Crippen molar-refractivity contribution >= 4 is 29.3 Å². The number of carbonyl (C=O) groups is 3. The molecular formula is C20H23ClN2O4. The minimum Gasteiger partial charge on any atom is -0.456 e. The van der Waals surface area contributed by atoms with E-state index in [2.05, 4.69) is 10.3 Å². The SMILES string of the molecule is Cc1cc(C(=O)COC(=O)[C@@H](NC(=O)c2ccccc2Cl)C(C)C)c(C)[nH]1. The smallest absolute Gasteiger partial charge is 0.329 e. The number of halogens is 1. The van der Waals surface area contributed by atoms with E-state index in [9.17, 15) is 14.4 Å². The number of esters is 1. The maximum absolute atomic E-state index is 12.4. The molecule has 0 aliphatic carbocycles. The van der Waals surface area contributed by atoms with Crippen LogP contribution in [0.5, 0.6) is 0 Å². The number of H-pyrrole nitrogens is 1. The number of ether oxygens (including phenoxy) is 1. The molecule has 0 saturated heterocycles. The number of aromatic nitrogens is 1. The van der Waals surface area contributed by atoms with Crippen LogP contribution in [0.3, 0.4) is 0 Å². The summed E-state index contributed by atoms with van der Waals surface area (Å²) >= 11 is 6.02. The Morgan fingerprint density at radius 2 is 1.81 bits per heavy atom. The van der Waals surface area contributed by atoms with Crippen molar-refractivity contribution in [3.8, 4) is 0 Å². The molecule has 7 heteroatoms. The zero-order valence-electron chi connectivity index (χ0n) is 15.8. The normalized spacial score (nSPS) is 11.9. The molecule has 1 heterocycles. The molecule has 2 rings (SSSR count). The van der Waals surface area contributed by atoms with Crippen LogP contribution in [0, 0.1) is 19.8 Å². The van der Waals surface area contributed by atoms with E-state index < -0.39 is 17.9 Å². The van der Waals surface area contributed by atoms with Gasteiger partial charge in [-0.25, -0.2) is 4.79 Å². The molecular weight excluding hydrogens is 368 g/mol. The summed E-state index contributed by atoms with van der Waals surface area (Å²) < 4.78 is 5.16. The number of hydrogen-bond acceptors (Lipinski definition) is 4. The third-order valence-electron chi connectivity index (χ3n) is 4.12. The van der Waals surface area contributed by atoms with E-state index in [0.717, 1.165) is 11.4 Å². The van der Waals surface area contributed by atoms with Crippen molar-refractivity contribution in [2.75, 3.05) is 6.61 Å². The summed E-state index contributed by atoms with van der Waals surface area (Å²) in [4.78, 5) is 40.1. The van der Waals surface area contributed by atoms with Gasteiger partial charge in [-0.3, -0.25) is 9.59 Å². The van der Waals surface area contributed by atoms with Crippen molar-refractivity contribution in [1.29, 1.82) is 0 Å². The molecule has 0 spiro atoms. The van der Waals surface area contributed by atoms with Gasteiger partial charge in [0.1, 0.15) is 6.04 Å². The van der Waals surface area contributed by atoms with Crippen LogP contribution < -0.4 is 5.32 Å². The predicted octanol–water partition coefficient (Wildman–Crippen LogP) is 3.47. The molecule has 0 bridgehead atoms. The first-order valence-corrected chi connectivity index (χ1v) is 9.00. The number of rotatable bonds is 7. The van der Waals surface area contributed by atoms with Crippen LogP contribution in [0.15, 0.2) is 30.3 Å². The lowest BCUT2D eigenvalue weighted by molar-refractivity contribution is -0.145. The maximum atomic E-state index is 12.4. The van der Waals surface area contributed by atoms with Crippen LogP contribution in [-0.4, -0.2) is 35.3 Å². The molecule has 0 aliphatic rings. The molecule has 1 amide bonds. The fourth-order valence-electron chi connectivity index (χ4n) is 2.68. The van der Waals surface area contributed by atoms with Crippen LogP contribution in [0.25, 0.3) is 0 Å². The number of aromatic amines is 1. The van der Waals surface area contributed by atoms with Gasteiger partial charge in [0.15, 0.2) is 6.61 Å². The van der Waals surface area contributed by atoms with Gasteiger partial charge in [0.2, 0.25) is 5.78 Å². The van der Waals surface area contributed by atoms with E-state index in [1.807, 2.05) is 6.92 Å². The van der Waals surface area contributed by atoms with Gasteiger partial charge in [-0.2, -0.15) is 0 Å². The van der Waals surface area contributed by atoms with Crippen LogP contribution in [0.1, 0.15) is 46.0 Å². The topological polar surface area (TPSA) is 88.3 Å². The van der Waals surface area contributed by atoms with Gasteiger partial charge >= 0.3 is 5.97 Å². The molecule has 27 heavy (non-hydrogen) atoms. The van der Waals surface area contributed by atoms with Crippen molar-refractivity contribution in [1.82, 2.24) is 10.3 Å². The molecule has 2 aromatic rings. The number of amides is 1. The van der Waals surface area contributed by atoms with Gasteiger partial charge in [0.05, 0.1) is 10.6 Å². The summed E-state index contributed by atoms with van der Waals surface area (Å²) in [6, 6.07) is 7.38. The third kappa shape index (κ3) is 5.20. The maximum Gasteiger partial charge on any atom is 0.329 e. The number of hydrogen-bond donors (Lipinski definition) is 2. The summed E-state index contributed by atoms with van der Waals surface area (Å²) in [5, 5.41) is 2.93. The highest BCUT2D eigenvalue weighted by Gasteiger charge is 2.27. The van der Waals surface area contributed by atoms with Gasteiger partial charge in [0, 0.05) is 17.0 Å². The van der Waals surface area contributed by atoms with E-state index in [1.54, 1.807) is 51.1 Å². The van der Waals surface area contributed by atoms with Gasteiger partial charge in [-0.05, 0) is 38.0 Å². The Labute approximate surface area is 163 Å². The van der Waals surface area contributed by atoms with E-state index in [1.165, 1.54) is 0 Å². The number of nitrogens with one attached hydrogen (secondary N) is 2. The summed E-state index contributed by atoms with van der Waals surface area (Å²) in [5.41, 5.74) is 2.34. The minimum atomic E-state index is -0.893. The van der Waals surface area contributed by atoms with Gasteiger partial charge in [-0.15, -0.1) is 0 Å². The summed E-state index contributed by atoms with van der Waals surface area (Å²) in [6.07, 6.45) is 0. The first-order chi connectivity index (χ1) is 12.7. The third-order valence-corrected chi connectivity index (χ3v) is 4.45. The molecule has 0 aliphatic heterocycles. The highest BCUT2D eigenvalue weighted by atomic mass is 35.5. The Bertz CT molecular complexity index is 857. The molecule has 0 fully saturated rings. The second-order valence-electron chi connectivity index (χ2n) is 6.70. The van der Waals surface area contributed by atoms with Crippen molar-refractivity contribution in [3.63, 3.8) is 0 Å².